The molecule has 16 heavy (non-hydrogen) atoms. The zero-order chi connectivity index (χ0) is 12.0. The Bertz CT molecular complexity index is 318. The lowest BCUT2D eigenvalue weighted by molar-refractivity contribution is 0.236. The maximum absolute atomic E-state index is 5.63. The second-order valence-electron chi connectivity index (χ2n) is 5.19. The topological polar surface area (TPSA) is 34.2 Å². The fraction of sp³-hybridized carbons (Fsp3) is 0.615. The summed E-state index contributed by atoms with van der Waals surface area (Å²) in [6.07, 6.45) is 2.82. The number of aromatic nitrogens is 1. The molecule has 0 aromatic carbocycles. The Morgan fingerprint density at radius 1 is 1.38 bits per heavy atom. The van der Waals surface area contributed by atoms with Crippen LogP contribution in [-0.2, 0) is 6.54 Å². The number of nitrogens with zero attached hydrogens (tertiary/aromatic N) is 1. The number of hydrogen-bond donors (Lipinski definition) is 1. The highest BCUT2D eigenvalue weighted by molar-refractivity contribution is 5.20. The van der Waals surface area contributed by atoms with Gasteiger partial charge in [0.15, 0.2) is 0 Å². The summed E-state index contributed by atoms with van der Waals surface area (Å²) in [5, 5.41) is 3.11. The van der Waals surface area contributed by atoms with Crippen LogP contribution in [0.5, 0.6) is 5.88 Å². The molecule has 0 saturated carbocycles. The molecule has 90 valence electrons. The Kier molecular flexibility index (Phi) is 4.74. The average Bonchev–Trinajstić information content (AvgIpc) is 2.17. The van der Waals surface area contributed by atoms with Crippen LogP contribution in [0.2, 0.25) is 0 Å². The predicted molar refractivity (Wildman–Crippen MR) is 66.6 cm³/mol. The van der Waals surface area contributed by atoms with Crippen molar-refractivity contribution in [3.8, 4) is 5.88 Å². The second-order valence-corrected chi connectivity index (χ2v) is 5.19. The van der Waals surface area contributed by atoms with Crippen LogP contribution in [0.3, 0.4) is 0 Å². The summed E-state index contributed by atoms with van der Waals surface area (Å²) in [5.41, 5.74) is 1.51. The molecule has 3 heteroatoms. The molecule has 0 aliphatic heterocycles. The highest BCUT2D eigenvalue weighted by atomic mass is 16.5. The molecule has 0 spiro atoms. The Balaban J connectivity index is 2.44. The van der Waals surface area contributed by atoms with Gasteiger partial charge in [0.05, 0.1) is 6.61 Å². The van der Waals surface area contributed by atoms with E-state index in [0.717, 1.165) is 25.5 Å². The van der Waals surface area contributed by atoms with E-state index in [1.165, 1.54) is 5.56 Å². The summed E-state index contributed by atoms with van der Waals surface area (Å²) in [5.74, 6) is 0.719. The third-order valence-electron chi connectivity index (χ3n) is 2.28. The predicted octanol–water partition coefficient (Wildman–Crippen LogP) is 2.62. The van der Waals surface area contributed by atoms with Gasteiger partial charge >= 0.3 is 0 Å². The van der Waals surface area contributed by atoms with Crippen LogP contribution in [0.25, 0.3) is 0 Å². The number of pyridine rings is 1. The Hall–Kier alpha value is -1.09. The van der Waals surface area contributed by atoms with Gasteiger partial charge in [0, 0.05) is 18.8 Å². The van der Waals surface area contributed by atoms with E-state index in [9.17, 15) is 0 Å². The quantitative estimate of drug-likeness (QED) is 0.831. The number of nitrogens with one attached hydrogen (secondary N) is 1. The minimum atomic E-state index is 0.308. The van der Waals surface area contributed by atoms with E-state index >= 15 is 0 Å². The summed E-state index contributed by atoms with van der Waals surface area (Å²) in [6, 6.07) is 3.98. The summed E-state index contributed by atoms with van der Waals surface area (Å²) in [6.45, 7) is 8.20. The minimum Gasteiger partial charge on any atom is -0.478 e. The lowest BCUT2D eigenvalue weighted by Gasteiger charge is -2.17. The largest absolute Gasteiger partial charge is 0.478 e. The summed E-state index contributed by atoms with van der Waals surface area (Å²) in [7, 11) is 1.93. The zero-order valence-corrected chi connectivity index (χ0v) is 10.7. The highest BCUT2D eigenvalue weighted by Crippen LogP contribution is 2.19. The van der Waals surface area contributed by atoms with Crippen LogP contribution in [0, 0.1) is 5.41 Å². The molecule has 0 saturated heterocycles. The van der Waals surface area contributed by atoms with Crippen molar-refractivity contribution in [3.63, 3.8) is 0 Å². The van der Waals surface area contributed by atoms with Crippen LogP contribution >= 0.6 is 0 Å². The SMILES string of the molecule is CNCc1ccnc(OCCC(C)(C)C)c1. The van der Waals surface area contributed by atoms with Gasteiger partial charge in [0.1, 0.15) is 0 Å². The normalized spacial score (nSPS) is 11.5. The third-order valence-corrected chi connectivity index (χ3v) is 2.28. The smallest absolute Gasteiger partial charge is 0.213 e. The van der Waals surface area contributed by atoms with Crippen molar-refractivity contribution in [2.45, 2.75) is 33.7 Å². The third kappa shape index (κ3) is 5.12. The second kappa shape index (κ2) is 5.85. The Labute approximate surface area is 98.2 Å². The van der Waals surface area contributed by atoms with E-state index in [4.69, 9.17) is 4.74 Å². The Morgan fingerprint density at radius 3 is 2.75 bits per heavy atom. The molecule has 0 atom stereocenters. The number of rotatable bonds is 5. The van der Waals surface area contributed by atoms with E-state index in [0.29, 0.717) is 5.41 Å². The molecular formula is C13H22N2O. The molecule has 0 aliphatic rings. The minimum absolute atomic E-state index is 0.308. The molecular weight excluding hydrogens is 200 g/mol. The summed E-state index contributed by atoms with van der Waals surface area (Å²) < 4.78 is 5.63. The lowest BCUT2D eigenvalue weighted by atomic mass is 9.93. The van der Waals surface area contributed by atoms with E-state index in [2.05, 4.69) is 31.1 Å². The van der Waals surface area contributed by atoms with Crippen LogP contribution in [0.15, 0.2) is 18.3 Å². The molecule has 0 bridgehead atoms. The van der Waals surface area contributed by atoms with Crippen molar-refractivity contribution in [2.24, 2.45) is 5.41 Å². The van der Waals surface area contributed by atoms with E-state index < -0.39 is 0 Å². The van der Waals surface area contributed by atoms with E-state index in [1.807, 2.05) is 19.2 Å². The molecule has 1 aromatic heterocycles. The molecule has 0 fully saturated rings. The van der Waals surface area contributed by atoms with E-state index in [1.54, 1.807) is 6.20 Å². The van der Waals surface area contributed by atoms with Gasteiger partial charge in [-0.05, 0) is 30.5 Å². The van der Waals surface area contributed by atoms with Gasteiger partial charge in [0.25, 0.3) is 0 Å². The van der Waals surface area contributed by atoms with Gasteiger partial charge in [-0.25, -0.2) is 4.98 Å². The zero-order valence-electron chi connectivity index (χ0n) is 10.7. The van der Waals surface area contributed by atoms with Crippen molar-refractivity contribution in [1.82, 2.24) is 10.3 Å². The van der Waals surface area contributed by atoms with Gasteiger partial charge in [-0.15, -0.1) is 0 Å². The summed E-state index contributed by atoms with van der Waals surface area (Å²) in [4.78, 5) is 4.19. The standard InChI is InChI=1S/C13H22N2O/c1-13(2,3)6-8-16-12-9-11(10-14-4)5-7-15-12/h5,7,9,14H,6,8,10H2,1-4H3. The lowest BCUT2D eigenvalue weighted by Crippen LogP contribution is -2.12. The van der Waals surface area contributed by atoms with Crippen LogP contribution in [-0.4, -0.2) is 18.6 Å². The van der Waals surface area contributed by atoms with Crippen LogP contribution < -0.4 is 10.1 Å². The summed E-state index contributed by atoms with van der Waals surface area (Å²) >= 11 is 0. The monoisotopic (exact) mass is 222 g/mol. The first-order valence-corrected chi connectivity index (χ1v) is 5.73. The first-order chi connectivity index (χ1) is 7.51. The van der Waals surface area contributed by atoms with Gasteiger partial charge in [-0.1, -0.05) is 20.8 Å². The molecule has 3 nitrogen and oxygen atoms in total. The fourth-order valence-electron chi connectivity index (χ4n) is 1.31. The first-order valence-electron chi connectivity index (χ1n) is 5.73. The first kappa shape index (κ1) is 13.0. The Morgan fingerprint density at radius 2 is 2.12 bits per heavy atom. The maximum atomic E-state index is 5.63. The van der Waals surface area contributed by atoms with Crippen molar-refractivity contribution in [1.29, 1.82) is 0 Å². The molecule has 1 rings (SSSR count). The highest BCUT2D eigenvalue weighted by Gasteiger charge is 2.10. The van der Waals surface area contributed by atoms with Crippen molar-refractivity contribution >= 4 is 0 Å². The molecule has 0 radical (unpaired) electrons. The van der Waals surface area contributed by atoms with Crippen LogP contribution in [0.4, 0.5) is 0 Å². The average molecular weight is 222 g/mol. The molecule has 0 aliphatic carbocycles. The van der Waals surface area contributed by atoms with Crippen molar-refractivity contribution in [3.05, 3.63) is 23.9 Å². The molecule has 1 heterocycles. The number of hydrogen-bond acceptors (Lipinski definition) is 3. The van der Waals surface area contributed by atoms with Crippen molar-refractivity contribution in [2.75, 3.05) is 13.7 Å². The molecule has 1 N–H and O–H groups in total. The van der Waals surface area contributed by atoms with E-state index in [-0.39, 0.29) is 0 Å². The van der Waals surface area contributed by atoms with Gasteiger partial charge < -0.3 is 10.1 Å². The van der Waals surface area contributed by atoms with Gasteiger partial charge in [-0.2, -0.15) is 0 Å². The number of ether oxygens (including phenoxy) is 1. The van der Waals surface area contributed by atoms with Gasteiger partial charge in [0.2, 0.25) is 5.88 Å². The maximum Gasteiger partial charge on any atom is 0.213 e. The van der Waals surface area contributed by atoms with Gasteiger partial charge in [-0.3, -0.25) is 0 Å². The molecule has 0 unspecified atom stereocenters. The fourth-order valence-corrected chi connectivity index (χ4v) is 1.31. The van der Waals surface area contributed by atoms with Crippen LogP contribution in [0.1, 0.15) is 32.8 Å². The van der Waals surface area contributed by atoms with Crippen molar-refractivity contribution < 1.29 is 4.74 Å². The molecule has 0 amide bonds. The molecule has 1 aromatic rings.